The molecule has 0 aliphatic heterocycles. The van der Waals surface area contributed by atoms with Crippen LogP contribution < -0.4 is 20.1 Å². The van der Waals surface area contributed by atoms with Gasteiger partial charge in [-0.1, -0.05) is 0 Å². The second kappa shape index (κ2) is 9.98. The standard InChI is InChI=1S/C18H25N3O4S/c1-12(2)25-9-5-8-19-17(22)15-11-26-18(21-15)20-14-7-6-13(23-3)10-16(14)24-4/h6-7,10-12H,5,8-9H2,1-4H3,(H,19,22)(H,20,21). The van der Waals surface area contributed by atoms with E-state index in [1.165, 1.54) is 11.3 Å². The number of nitrogens with zero attached hydrogens (tertiary/aromatic N) is 1. The Morgan fingerprint density at radius 3 is 2.77 bits per heavy atom. The number of aromatic nitrogens is 1. The lowest BCUT2D eigenvalue weighted by Crippen LogP contribution is -2.25. The molecule has 0 bridgehead atoms. The van der Waals surface area contributed by atoms with E-state index in [0.29, 0.717) is 35.5 Å². The summed E-state index contributed by atoms with van der Waals surface area (Å²) in [7, 11) is 3.19. The number of carbonyl (C=O) groups is 1. The Morgan fingerprint density at radius 2 is 2.08 bits per heavy atom. The number of anilines is 2. The summed E-state index contributed by atoms with van der Waals surface area (Å²) in [5.74, 6) is 1.14. The first-order valence-electron chi connectivity index (χ1n) is 8.38. The largest absolute Gasteiger partial charge is 0.497 e. The highest BCUT2D eigenvalue weighted by molar-refractivity contribution is 7.14. The maximum atomic E-state index is 12.1. The lowest BCUT2D eigenvalue weighted by Gasteiger charge is -2.10. The van der Waals surface area contributed by atoms with Crippen LogP contribution in [0.3, 0.4) is 0 Å². The molecule has 2 aromatic rings. The van der Waals surface area contributed by atoms with Crippen molar-refractivity contribution in [2.24, 2.45) is 0 Å². The zero-order valence-electron chi connectivity index (χ0n) is 15.5. The number of ether oxygens (including phenoxy) is 3. The molecule has 1 heterocycles. The first-order chi connectivity index (χ1) is 12.5. The van der Waals surface area contributed by atoms with Gasteiger partial charge in [-0.2, -0.15) is 0 Å². The fourth-order valence-electron chi connectivity index (χ4n) is 2.14. The van der Waals surface area contributed by atoms with E-state index in [0.717, 1.165) is 12.1 Å². The number of thiazole rings is 1. The molecular formula is C18H25N3O4S. The van der Waals surface area contributed by atoms with Gasteiger partial charge in [0.1, 0.15) is 17.2 Å². The molecule has 2 N–H and O–H groups in total. The van der Waals surface area contributed by atoms with Crippen LogP contribution in [0.2, 0.25) is 0 Å². The van der Waals surface area contributed by atoms with E-state index in [4.69, 9.17) is 14.2 Å². The van der Waals surface area contributed by atoms with E-state index in [1.54, 1.807) is 25.7 Å². The molecule has 0 unspecified atom stereocenters. The molecular weight excluding hydrogens is 354 g/mol. The number of carbonyl (C=O) groups excluding carboxylic acids is 1. The number of benzene rings is 1. The van der Waals surface area contributed by atoms with Crippen molar-refractivity contribution >= 4 is 28.1 Å². The van der Waals surface area contributed by atoms with Crippen LogP contribution in [0.4, 0.5) is 10.8 Å². The molecule has 142 valence electrons. The highest BCUT2D eigenvalue weighted by Gasteiger charge is 2.12. The number of hydrogen-bond donors (Lipinski definition) is 2. The molecule has 8 heteroatoms. The third kappa shape index (κ3) is 5.89. The summed E-state index contributed by atoms with van der Waals surface area (Å²) in [5, 5.41) is 8.34. The molecule has 0 aliphatic rings. The van der Waals surface area contributed by atoms with Gasteiger partial charge < -0.3 is 24.8 Å². The van der Waals surface area contributed by atoms with Crippen molar-refractivity contribution in [2.75, 3.05) is 32.7 Å². The van der Waals surface area contributed by atoms with Gasteiger partial charge in [0.05, 0.1) is 26.0 Å². The van der Waals surface area contributed by atoms with Crippen LogP contribution in [-0.2, 0) is 4.74 Å². The molecule has 0 atom stereocenters. The predicted molar refractivity (Wildman–Crippen MR) is 103 cm³/mol. The summed E-state index contributed by atoms with van der Waals surface area (Å²) in [4.78, 5) is 16.5. The van der Waals surface area contributed by atoms with Gasteiger partial charge in [0.2, 0.25) is 0 Å². The topological polar surface area (TPSA) is 81.7 Å². The number of methoxy groups -OCH3 is 2. The summed E-state index contributed by atoms with van der Waals surface area (Å²) in [6.07, 6.45) is 0.968. The maximum absolute atomic E-state index is 12.1. The average molecular weight is 379 g/mol. The molecule has 26 heavy (non-hydrogen) atoms. The van der Waals surface area contributed by atoms with Gasteiger partial charge in [-0.15, -0.1) is 11.3 Å². The molecule has 1 amide bonds. The molecule has 0 radical (unpaired) electrons. The Kier molecular flexibility index (Phi) is 7.68. The first kappa shape index (κ1) is 20.0. The molecule has 7 nitrogen and oxygen atoms in total. The lowest BCUT2D eigenvalue weighted by atomic mass is 10.3. The van der Waals surface area contributed by atoms with Crippen LogP contribution in [-0.4, -0.2) is 44.4 Å². The summed E-state index contributed by atoms with van der Waals surface area (Å²) < 4.78 is 16.0. The van der Waals surface area contributed by atoms with E-state index in [9.17, 15) is 4.79 Å². The minimum Gasteiger partial charge on any atom is -0.497 e. The number of rotatable bonds is 10. The zero-order valence-corrected chi connectivity index (χ0v) is 16.3. The van der Waals surface area contributed by atoms with Crippen LogP contribution in [0.25, 0.3) is 0 Å². The van der Waals surface area contributed by atoms with Crippen molar-refractivity contribution in [1.29, 1.82) is 0 Å². The van der Waals surface area contributed by atoms with E-state index in [2.05, 4.69) is 15.6 Å². The molecule has 0 aliphatic carbocycles. The van der Waals surface area contributed by atoms with Crippen molar-refractivity contribution in [3.05, 3.63) is 29.3 Å². The second-order valence-electron chi connectivity index (χ2n) is 5.76. The van der Waals surface area contributed by atoms with Gasteiger partial charge in [-0.05, 0) is 32.4 Å². The minimum absolute atomic E-state index is 0.194. The van der Waals surface area contributed by atoms with E-state index in [-0.39, 0.29) is 12.0 Å². The molecule has 0 spiro atoms. The Hall–Kier alpha value is -2.32. The van der Waals surface area contributed by atoms with Crippen LogP contribution in [0.15, 0.2) is 23.6 Å². The van der Waals surface area contributed by atoms with E-state index < -0.39 is 0 Å². The van der Waals surface area contributed by atoms with Gasteiger partial charge in [0, 0.05) is 24.6 Å². The summed E-state index contributed by atoms with van der Waals surface area (Å²) in [6, 6.07) is 5.45. The Balaban J connectivity index is 1.90. The van der Waals surface area contributed by atoms with Crippen LogP contribution >= 0.6 is 11.3 Å². The van der Waals surface area contributed by atoms with Gasteiger partial charge in [0.25, 0.3) is 5.91 Å². The highest BCUT2D eigenvalue weighted by atomic mass is 32.1. The normalized spacial score (nSPS) is 10.7. The van der Waals surface area contributed by atoms with Crippen molar-refractivity contribution < 1.29 is 19.0 Å². The lowest BCUT2D eigenvalue weighted by molar-refractivity contribution is 0.0756. The fourth-order valence-corrected chi connectivity index (χ4v) is 2.84. The SMILES string of the molecule is COc1ccc(Nc2nc(C(=O)NCCCOC(C)C)cs2)c(OC)c1. The highest BCUT2D eigenvalue weighted by Crippen LogP contribution is 2.32. The maximum Gasteiger partial charge on any atom is 0.270 e. The van der Waals surface area contributed by atoms with Crippen LogP contribution in [0.5, 0.6) is 11.5 Å². The molecule has 0 fully saturated rings. The molecule has 0 saturated carbocycles. The minimum atomic E-state index is -0.194. The van der Waals surface area contributed by atoms with Gasteiger partial charge in [0.15, 0.2) is 5.13 Å². The first-order valence-corrected chi connectivity index (χ1v) is 9.25. The molecule has 2 rings (SSSR count). The molecule has 0 saturated heterocycles. The molecule has 1 aromatic carbocycles. The monoisotopic (exact) mass is 379 g/mol. The Bertz CT molecular complexity index is 718. The molecule has 1 aromatic heterocycles. The van der Waals surface area contributed by atoms with E-state index in [1.807, 2.05) is 26.0 Å². The predicted octanol–water partition coefficient (Wildman–Crippen LogP) is 3.45. The van der Waals surface area contributed by atoms with Gasteiger partial charge >= 0.3 is 0 Å². The van der Waals surface area contributed by atoms with Crippen molar-refractivity contribution in [3.8, 4) is 11.5 Å². The summed E-state index contributed by atoms with van der Waals surface area (Å²) >= 11 is 1.35. The number of amides is 1. The van der Waals surface area contributed by atoms with Crippen molar-refractivity contribution in [2.45, 2.75) is 26.4 Å². The van der Waals surface area contributed by atoms with Gasteiger partial charge in [-0.25, -0.2) is 4.98 Å². The third-order valence-electron chi connectivity index (χ3n) is 3.44. The number of nitrogens with one attached hydrogen (secondary N) is 2. The van der Waals surface area contributed by atoms with Crippen molar-refractivity contribution in [1.82, 2.24) is 10.3 Å². The third-order valence-corrected chi connectivity index (χ3v) is 4.20. The van der Waals surface area contributed by atoms with Gasteiger partial charge in [-0.3, -0.25) is 4.79 Å². The summed E-state index contributed by atoms with van der Waals surface area (Å²) in [5.41, 5.74) is 1.13. The Labute approximate surface area is 157 Å². The zero-order chi connectivity index (χ0) is 18.9. The fraction of sp³-hybridized carbons (Fsp3) is 0.444. The number of hydrogen-bond acceptors (Lipinski definition) is 7. The second-order valence-corrected chi connectivity index (χ2v) is 6.62. The van der Waals surface area contributed by atoms with Crippen LogP contribution in [0.1, 0.15) is 30.8 Å². The smallest absolute Gasteiger partial charge is 0.270 e. The average Bonchev–Trinajstić information content (AvgIpc) is 3.10. The van der Waals surface area contributed by atoms with E-state index >= 15 is 0 Å². The summed E-state index contributed by atoms with van der Waals surface area (Å²) in [6.45, 7) is 5.15. The van der Waals surface area contributed by atoms with Crippen LogP contribution in [0, 0.1) is 0 Å². The van der Waals surface area contributed by atoms with Crippen molar-refractivity contribution in [3.63, 3.8) is 0 Å². The quantitative estimate of drug-likeness (QED) is 0.616. The Morgan fingerprint density at radius 1 is 1.27 bits per heavy atom.